The monoisotopic (exact) mass is 234 g/mol. The number of nitriles is 1. The highest BCUT2D eigenvalue weighted by Gasteiger charge is 2.22. The van der Waals surface area contributed by atoms with Crippen molar-refractivity contribution >= 4 is 11.5 Å². The number of nitrogens with two attached hydrogens (primary N) is 1. The van der Waals surface area contributed by atoms with Crippen molar-refractivity contribution in [3.63, 3.8) is 0 Å². The zero-order valence-electron chi connectivity index (χ0n) is 9.59. The highest BCUT2D eigenvalue weighted by Crippen LogP contribution is 2.25. The number of anilines is 2. The lowest BCUT2D eigenvalue weighted by Gasteiger charge is -2.31. The van der Waals surface area contributed by atoms with Gasteiger partial charge in [0.2, 0.25) is 5.88 Å². The van der Waals surface area contributed by atoms with Crippen molar-refractivity contribution < 1.29 is 9.47 Å². The van der Waals surface area contributed by atoms with Crippen LogP contribution < -0.4 is 15.4 Å². The Balaban J connectivity index is 2.24. The van der Waals surface area contributed by atoms with Gasteiger partial charge in [-0.3, -0.25) is 0 Å². The summed E-state index contributed by atoms with van der Waals surface area (Å²) < 4.78 is 10.3. The molecule has 1 aromatic rings. The van der Waals surface area contributed by atoms with Gasteiger partial charge >= 0.3 is 0 Å². The van der Waals surface area contributed by atoms with E-state index in [1.54, 1.807) is 19.2 Å². The Bertz CT molecular complexity index is 444. The van der Waals surface area contributed by atoms with Crippen LogP contribution in [0, 0.1) is 11.3 Å². The number of rotatable bonds is 2. The summed E-state index contributed by atoms with van der Waals surface area (Å²) in [7, 11) is 1.56. The van der Waals surface area contributed by atoms with E-state index in [0.717, 1.165) is 0 Å². The van der Waals surface area contributed by atoms with E-state index in [2.05, 4.69) is 11.1 Å². The average Bonchev–Trinajstić information content (AvgIpc) is 2.39. The van der Waals surface area contributed by atoms with E-state index in [4.69, 9.17) is 20.5 Å². The smallest absolute Gasteiger partial charge is 0.215 e. The Kier molecular flexibility index (Phi) is 3.30. The number of hydrogen-bond donors (Lipinski definition) is 1. The van der Waals surface area contributed by atoms with Crippen LogP contribution in [0.25, 0.3) is 0 Å². The first-order valence-corrected chi connectivity index (χ1v) is 5.31. The molecule has 0 spiro atoms. The maximum atomic E-state index is 8.85. The molecule has 1 fully saturated rings. The number of nitrogen functional groups attached to an aromatic ring is 1. The lowest BCUT2D eigenvalue weighted by Crippen LogP contribution is -2.42. The summed E-state index contributed by atoms with van der Waals surface area (Å²) >= 11 is 0. The molecule has 1 aliphatic rings. The normalized spacial score (nSPS) is 19.8. The molecule has 1 aromatic heterocycles. The molecule has 1 unspecified atom stereocenters. The van der Waals surface area contributed by atoms with Crippen LogP contribution >= 0.6 is 0 Å². The molecule has 1 atom stereocenters. The first-order valence-electron chi connectivity index (χ1n) is 5.31. The Labute approximate surface area is 99.6 Å². The summed E-state index contributed by atoms with van der Waals surface area (Å²) in [5, 5.41) is 8.85. The van der Waals surface area contributed by atoms with E-state index in [0.29, 0.717) is 37.1 Å². The molecular weight excluding hydrogens is 220 g/mol. The van der Waals surface area contributed by atoms with Crippen LogP contribution in [0.2, 0.25) is 0 Å². The molecule has 2 N–H and O–H groups in total. The van der Waals surface area contributed by atoms with Gasteiger partial charge in [0.1, 0.15) is 0 Å². The predicted octanol–water partition coefficient (Wildman–Crippen LogP) is 0.401. The summed E-state index contributed by atoms with van der Waals surface area (Å²) in [6.45, 7) is 1.64. The summed E-state index contributed by atoms with van der Waals surface area (Å²) in [4.78, 5) is 6.24. The van der Waals surface area contributed by atoms with Gasteiger partial charge in [0, 0.05) is 12.6 Å². The minimum atomic E-state index is -0.434. The second-order valence-electron chi connectivity index (χ2n) is 3.70. The molecule has 0 saturated carbocycles. The Hall–Kier alpha value is -2.00. The molecule has 1 saturated heterocycles. The molecule has 0 radical (unpaired) electrons. The fraction of sp³-hybridized carbons (Fsp3) is 0.455. The first-order chi connectivity index (χ1) is 8.24. The zero-order valence-corrected chi connectivity index (χ0v) is 9.59. The third kappa shape index (κ3) is 2.40. The van der Waals surface area contributed by atoms with E-state index in [1.807, 2.05) is 4.90 Å². The van der Waals surface area contributed by atoms with Crippen LogP contribution in [0.4, 0.5) is 11.5 Å². The predicted molar refractivity (Wildman–Crippen MR) is 62.8 cm³/mol. The van der Waals surface area contributed by atoms with Gasteiger partial charge in [-0.2, -0.15) is 10.2 Å². The minimum Gasteiger partial charge on any atom is -0.481 e. The maximum Gasteiger partial charge on any atom is 0.215 e. The number of methoxy groups -OCH3 is 1. The van der Waals surface area contributed by atoms with Crippen molar-refractivity contribution in [2.75, 3.05) is 37.4 Å². The third-order valence-corrected chi connectivity index (χ3v) is 2.60. The summed E-state index contributed by atoms with van der Waals surface area (Å²) in [5.74, 6) is 1.15. The molecule has 0 aliphatic carbocycles. The topological polar surface area (TPSA) is 84.4 Å². The number of ether oxygens (including phenoxy) is 2. The van der Waals surface area contributed by atoms with Gasteiger partial charge in [0.15, 0.2) is 11.9 Å². The van der Waals surface area contributed by atoms with Crippen LogP contribution in [-0.2, 0) is 4.74 Å². The van der Waals surface area contributed by atoms with Gasteiger partial charge in [-0.25, -0.2) is 0 Å². The van der Waals surface area contributed by atoms with Gasteiger partial charge in [0.05, 0.1) is 32.0 Å². The van der Waals surface area contributed by atoms with Gasteiger partial charge in [0.25, 0.3) is 0 Å². The van der Waals surface area contributed by atoms with E-state index in [-0.39, 0.29) is 0 Å². The highest BCUT2D eigenvalue weighted by atomic mass is 16.5. The van der Waals surface area contributed by atoms with Crippen LogP contribution in [0.1, 0.15) is 0 Å². The lowest BCUT2D eigenvalue weighted by atomic mass is 10.2. The molecule has 6 nitrogen and oxygen atoms in total. The second kappa shape index (κ2) is 4.89. The molecule has 2 rings (SSSR count). The van der Waals surface area contributed by atoms with E-state index < -0.39 is 6.10 Å². The highest BCUT2D eigenvalue weighted by molar-refractivity contribution is 5.63. The van der Waals surface area contributed by atoms with Gasteiger partial charge < -0.3 is 20.1 Å². The molecular formula is C11H14N4O2. The molecule has 2 heterocycles. The van der Waals surface area contributed by atoms with Crippen molar-refractivity contribution in [3.8, 4) is 11.9 Å². The second-order valence-corrected chi connectivity index (χ2v) is 3.70. The van der Waals surface area contributed by atoms with Gasteiger partial charge in [-0.1, -0.05) is 0 Å². The maximum absolute atomic E-state index is 8.85. The van der Waals surface area contributed by atoms with Crippen molar-refractivity contribution in [1.82, 2.24) is 4.98 Å². The van der Waals surface area contributed by atoms with Gasteiger partial charge in [-0.15, -0.1) is 0 Å². The molecule has 1 aliphatic heterocycles. The van der Waals surface area contributed by atoms with Crippen molar-refractivity contribution in [1.29, 1.82) is 5.26 Å². The van der Waals surface area contributed by atoms with Crippen molar-refractivity contribution in [2.45, 2.75) is 6.10 Å². The minimum absolute atomic E-state index is 0.434. The Morgan fingerprint density at radius 2 is 2.47 bits per heavy atom. The quantitative estimate of drug-likeness (QED) is 0.797. The number of pyridine rings is 1. The van der Waals surface area contributed by atoms with Crippen molar-refractivity contribution in [2.24, 2.45) is 0 Å². The van der Waals surface area contributed by atoms with Gasteiger partial charge in [-0.05, 0) is 6.07 Å². The number of morpholine rings is 1. The molecule has 17 heavy (non-hydrogen) atoms. The largest absolute Gasteiger partial charge is 0.481 e. The standard InChI is InChI=1S/C11H14N4O2/c1-16-10-3-2-9(13)11(14-10)15-4-5-17-8(6-12)7-15/h2-3,8H,4-5,7,13H2,1H3. The Morgan fingerprint density at radius 3 is 3.18 bits per heavy atom. The fourth-order valence-electron chi connectivity index (χ4n) is 1.73. The van der Waals surface area contributed by atoms with Crippen LogP contribution in [0.3, 0.4) is 0 Å². The summed E-state index contributed by atoms with van der Waals surface area (Å²) in [6, 6.07) is 5.55. The van der Waals surface area contributed by atoms with Crippen LogP contribution in [0.15, 0.2) is 12.1 Å². The van der Waals surface area contributed by atoms with E-state index in [9.17, 15) is 0 Å². The fourth-order valence-corrected chi connectivity index (χ4v) is 1.73. The van der Waals surface area contributed by atoms with Crippen LogP contribution in [0.5, 0.6) is 5.88 Å². The average molecular weight is 234 g/mol. The molecule has 0 bridgehead atoms. The molecule has 0 amide bonds. The zero-order chi connectivity index (χ0) is 12.3. The lowest BCUT2D eigenvalue weighted by molar-refractivity contribution is 0.0761. The molecule has 0 aromatic carbocycles. The number of nitrogens with zero attached hydrogens (tertiary/aromatic N) is 3. The van der Waals surface area contributed by atoms with E-state index in [1.165, 1.54) is 0 Å². The Morgan fingerprint density at radius 1 is 1.65 bits per heavy atom. The number of aromatic nitrogens is 1. The van der Waals surface area contributed by atoms with Crippen LogP contribution in [-0.4, -0.2) is 37.9 Å². The SMILES string of the molecule is COc1ccc(N)c(N2CCOC(C#N)C2)n1. The van der Waals surface area contributed by atoms with Crippen molar-refractivity contribution in [3.05, 3.63) is 12.1 Å². The molecule has 90 valence electrons. The third-order valence-electron chi connectivity index (χ3n) is 2.60. The number of hydrogen-bond acceptors (Lipinski definition) is 6. The first kappa shape index (κ1) is 11.5. The summed E-state index contributed by atoms with van der Waals surface area (Å²) in [6.07, 6.45) is -0.434. The summed E-state index contributed by atoms with van der Waals surface area (Å²) in [5.41, 5.74) is 6.45. The molecule has 6 heteroatoms. The van der Waals surface area contributed by atoms with E-state index >= 15 is 0 Å².